The SMILES string of the molecule is Cc1cccc(NC(N)=NCc2ccc(C)cc2C)c1. The number of guanidine groups is 1. The smallest absolute Gasteiger partial charge is 0.193 e. The van der Waals surface area contributed by atoms with E-state index in [2.05, 4.69) is 42.4 Å². The molecule has 0 fully saturated rings. The van der Waals surface area contributed by atoms with Crippen LogP contribution in [-0.4, -0.2) is 5.96 Å². The Morgan fingerprint density at radius 2 is 1.80 bits per heavy atom. The molecule has 0 aliphatic rings. The second-order valence-electron chi connectivity index (χ2n) is 5.13. The van der Waals surface area contributed by atoms with Crippen LogP contribution in [0.25, 0.3) is 0 Å². The minimum absolute atomic E-state index is 0.440. The summed E-state index contributed by atoms with van der Waals surface area (Å²) in [5.41, 5.74) is 11.8. The molecule has 3 heteroatoms. The number of rotatable bonds is 3. The highest BCUT2D eigenvalue weighted by Crippen LogP contribution is 2.12. The summed E-state index contributed by atoms with van der Waals surface area (Å²) in [5, 5.41) is 3.11. The Labute approximate surface area is 120 Å². The van der Waals surface area contributed by atoms with Crippen molar-refractivity contribution in [3.63, 3.8) is 0 Å². The zero-order valence-electron chi connectivity index (χ0n) is 12.3. The molecular formula is C17H21N3. The van der Waals surface area contributed by atoms with E-state index in [-0.39, 0.29) is 0 Å². The summed E-state index contributed by atoms with van der Waals surface area (Å²) in [6.45, 7) is 6.83. The highest BCUT2D eigenvalue weighted by molar-refractivity contribution is 5.92. The summed E-state index contributed by atoms with van der Waals surface area (Å²) >= 11 is 0. The molecule has 0 unspecified atom stereocenters. The van der Waals surface area contributed by atoms with Crippen molar-refractivity contribution in [1.82, 2.24) is 0 Å². The minimum Gasteiger partial charge on any atom is -0.370 e. The number of nitrogens with two attached hydrogens (primary N) is 1. The maximum absolute atomic E-state index is 5.92. The molecule has 0 saturated carbocycles. The zero-order valence-corrected chi connectivity index (χ0v) is 12.3. The lowest BCUT2D eigenvalue weighted by Crippen LogP contribution is -2.22. The Balaban J connectivity index is 2.04. The molecule has 0 spiro atoms. The van der Waals surface area contributed by atoms with Gasteiger partial charge in [-0.1, -0.05) is 35.9 Å². The Morgan fingerprint density at radius 1 is 1.05 bits per heavy atom. The van der Waals surface area contributed by atoms with Crippen molar-refractivity contribution in [2.75, 3.05) is 5.32 Å². The summed E-state index contributed by atoms with van der Waals surface area (Å²) in [7, 11) is 0. The van der Waals surface area contributed by atoms with Gasteiger partial charge in [0, 0.05) is 5.69 Å². The molecule has 2 aromatic carbocycles. The third-order valence-corrected chi connectivity index (χ3v) is 3.21. The average molecular weight is 267 g/mol. The first-order valence-electron chi connectivity index (χ1n) is 6.74. The molecule has 0 atom stereocenters. The highest BCUT2D eigenvalue weighted by atomic mass is 15.1. The van der Waals surface area contributed by atoms with E-state index in [0.717, 1.165) is 5.69 Å². The molecular weight excluding hydrogens is 246 g/mol. The number of benzene rings is 2. The number of aryl methyl sites for hydroxylation is 3. The van der Waals surface area contributed by atoms with Crippen molar-refractivity contribution < 1.29 is 0 Å². The van der Waals surface area contributed by atoms with Crippen molar-refractivity contribution in [1.29, 1.82) is 0 Å². The molecule has 104 valence electrons. The van der Waals surface area contributed by atoms with E-state index in [0.29, 0.717) is 12.5 Å². The lowest BCUT2D eigenvalue weighted by Gasteiger charge is -2.08. The lowest BCUT2D eigenvalue weighted by molar-refractivity contribution is 1.04. The van der Waals surface area contributed by atoms with Gasteiger partial charge in [-0.25, -0.2) is 4.99 Å². The van der Waals surface area contributed by atoms with Crippen molar-refractivity contribution in [2.24, 2.45) is 10.7 Å². The standard InChI is InChI=1S/C17H21N3/c1-12-5-4-6-16(10-12)20-17(18)19-11-15-8-7-13(2)9-14(15)3/h4-10H,11H2,1-3H3,(H3,18,19,20). The van der Waals surface area contributed by atoms with Gasteiger partial charge in [0.05, 0.1) is 6.54 Å². The number of nitrogens with zero attached hydrogens (tertiary/aromatic N) is 1. The number of hydrogen-bond acceptors (Lipinski definition) is 1. The Bertz CT molecular complexity index is 630. The van der Waals surface area contributed by atoms with Gasteiger partial charge >= 0.3 is 0 Å². The van der Waals surface area contributed by atoms with Gasteiger partial charge in [0.2, 0.25) is 0 Å². The van der Waals surface area contributed by atoms with Crippen LogP contribution in [-0.2, 0) is 6.54 Å². The molecule has 0 aromatic heterocycles. The first-order valence-corrected chi connectivity index (χ1v) is 6.74. The van der Waals surface area contributed by atoms with Crippen LogP contribution in [0, 0.1) is 20.8 Å². The number of aliphatic imine (C=N–C) groups is 1. The monoisotopic (exact) mass is 267 g/mol. The molecule has 20 heavy (non-hydrogen) atoms. The first kappa shape index (κ1) is 14.1. The fraction of sp³-hybridized carbons (Fsp3) is 0.235. The number of nitrogens with one attached hydrogen (secondary N) is 1. The summed E-state index contributed by atoms with van der Waals surface area (Å²) in [5.74, 6) is 0.440. The molecule has 0 aliphatic heterocycles. The van der Waals surface area contributed by atoms with Crippen LogP contribution in [0.1, 0.15) is 22.3 Å². The Morgan fingerprint density at radius 3 is 2.50 bits per heavy atom. The maximum Gasteiger partial charge on any atom is 0.193 e. The van der Waals surface area contributed by atoms with E-state index in [1.165, 1.54) is 22.3 Å². The van der Waals surface area contributed by atoms with Crippen LogP contribution in [0.15, 0.2) is 47.5 Å². The van der Waals surface area contributed by atoms with Crippen molar-refractivity contribution in [3.8, 4) is 0 Å². The van der Waals surface area contributed by atoms with E-state index >= 15 is 0 Å². The van der Waals surface area contributed by atoms with E-state index in [1.807, 2.05) is 31.2 Å². The van der Waals surface area contributed by atoms with Crippen LogP contribution >= 0.6 is 0 Å². The quantitative estimate of drug-likeness (QED) is 0.660. The topological polar surface area (TPSA) is 50.4 Å². The summed E-state index contributed by atoms with van der Waals surface area (Å²) in [6, 6.07) is 14.4. The second kappa shape index (κ2) is 6.24. The highest BCUT2D eigenvalue weighted by Gasteiger charge is 1.99. The normalized spacial score (nSPS) is 11.4. The fourth-order valence-electron chi connectivity index (χ4n) is 2.10. The molecule has 2 rings (SSSR count). The molecule has 0 bridgehead atoms. The van der Waals surface area contributed by atoms with Gasteiger partial charge in [0.15, 0.2) is 5.96 Å². The zero-order chi connectivity index (χ0) is 14.5. The third kappa shape index (κ3) is 3.85. The van der Waals surface area contributed by atoms with E-state index < -0.39 is 0 Å². The van der Waals surface area contributed by atoms with Crippen molar-refractivity contribution in [3.05, 3.63) is 64.7 Å². The number of anilines is 1. The van der Waals surface area contributed by atoms with E-state index in [4.69, 9.17) is 5.73 Å². The van der Waals surface area contributed by atoms with Crippen LogP contribution in [0.3, 0.4) is 0 Å². The largest absolute Gasteiger partial charge is 0.370 e. The molecule has 2 aromatic rings. The van der Waals surface area contributed by atoms with Gasteiger partial charge in [-0.05, 0) is 49.6 Å². The molecule has 3 N–H and O–H groups in total. The molecule has 0 amide bonds. The van der Waals surface area contributed by atoms with Crippen LogP contribution in [0.5, 0.6) is 0 Å². The molecule has 3 nitrogen and oxygen atoms in total. The molecule has 0 heterocycles. The average Bonchev–Trinajstić information content (AvgIpc) is 2.37. The second-order valence-corrected chi connectivity index (χ2v) is 5.13. The fourth-order valence-corrected chi connectivity index (χ4v) is 2.10. The predicted molar refractivity (Wildman–Crippen MR) is 86.0 cm³/mol. The van der Waals surface area contributed by atoms with Gasteiger partial charge in [-0.2, -0.15) is 0 Å². The van der Waals surface area contributed by atoms with Crippen LogP contribution in [0.2, 0.25) is 0 Å². The van der Waals surface area contributed by atoms with Crippen molar-refractivity contribution in [2.45, 2.75) is 27.3 Å². The van der Waals surface area contributed by atoms with Gasteiger partial charge in [0.1, 0.15) is 0 Å². The molecule has 0 aliphatic carbocycles. The van der Waals surface area contributed by atoms with Gasteiger partial charge in [-0.15, -0.1) is 0 Å². The minimum atomic E-state index is 0.440. The van der Waals surface area contributed by atoms with Crippen LogP contribution < -0.4 is 11.1 Å². The maximum atomic E-state index is 5.92. The summed E-state index contributed by atoms with van der Waals surface area (Å²) < 4.78 is 0. The van der Waals surface area contributed by atoms with E-state index in [1.54, 1.807) is 0 Å². The Kier molecular flexibility index (Phi) is 4.41. The number of hydrogen-bond donors (Lipinski definition) is 2. The molecule has 0 saturated heterocycles. The predicted octanol–water partition coefficient (Wildman–Crippen LogP) is 3.54. The Hall–Kier alpha value is -2.29. The van der Waals surface area contributed by atoms with Gasteiger partial charge in [-0.3, -0.25) is 0 Å². The first-order chi connectivity index (χ1) is 9.54. The van der Waals surface area contributed by atoms with E-state index in [9.17, 15) is 0 Å². The van der Waals surface area contributed by atoms with Gasteiger partial charge in [0.25, 0.3) is 0 Å². The third-order valence-electron chi connectivity index (χ3n) is 3.21. The van der Waals surface area contributed by atoms with Crippen LogP contribution in [0.4, 0.5) is 5.69 Å². The van der Waals surface area contributed by atoms with Crippen molar-refractivity contribution >= 4 is 11.6 Å². The summed E-state index contributed by atoms with van der Waals surface area (Å²) in [4.78, 5) is 4.39. The summed E-state index contributed by atoms with van der Waals surface area (Å²) in [6.07, 6.45) is 0. The molecule has 0 radical (unpaired) electrons. The van der Waals surface area contributed by atoms with Gasteiger partial charge < -0.3 is 11.1 Å². The lowest BCUT2D eigenvalue weighted by atomic mass is 10.1.